The monoisotopic (exact) mass is 150 g/mol. The summed E-state index contributed by atoms with van der Waals surface area (Å²) in [6.07, 6.45) is 0. The summed E-state index contributed by atoms with van der Waals surface area (Å²) in [4.78, 5) is 0. The topological polar surface area (TPSA) is 52.6 Å². The van der Waals surface area contributed by atoms with Crippen molar-refractivity contribution in [3.8, 4) is 0 Å². The van der Waals surface area contributed by atoms with Gasteiger partial charge in [0.25, 0.3) is 0 Å². The average molecular weight is 150 g/mol. The Morgan fingerprint density at radius 3 is 1.86 bits per heavy atom. The molecule has 0 aliphatic carbocycles. The molecule has 0 amide bonds. The van der Waals surface area contributed by atoms with Gasteiger partial charge in [-0.25, -0.2) is 0 Å². The normalized spacial score (nSPS) is 5.71. The van der Waals surface area contributed by atoms with Crippen molar-refractivity contribution < 1.29 is 14.1 Å². The first-order valence-electron chi connectivity index (χ1n) is 1.28. The van der Waals surface area contributed by atoms with E-state index in [0.29, 0.717) is 12.3 Å². The average Bonchev–Trinajstić information content (AvgIpc) is 1.69. The second kappa shape index (κ2) is 6.61. The molecular formula is Al2O4S. The summed E-state index contributed by atoms with van der Waals surface area (Å²) >= 11 is -2.01. The Hall–Kier alpha value is 0.615. The van der Waals surface area contributed by atoms with Crippen molar-refractivity contribution in [2.45, 2.75) is 0 Å². The van der Waals surface area contributed by atoms with Gasteiger partial charge >= 0.3 is 57.4 Å². The van der Waals surface area contributed by atoms with Crippen LogP contribution >= 0.6 is 12.3 Å². The second-order valence-corrected chi connectivity index (χ2v) is 2.51. The van der Waals surface area contributed by atoms with Gasteiger partial charge < -0.3 is 0 Å². The third kappa shape index (κ3) is 6.61. The predicted octanol–water partition coefficient (Wildman–Crippen LogP) is -0.488. The van der Waals surface area contributed by atoms with Crippen molar-refractivity contribution in [2.24, 2.45) is 0 Å². The third-order valence-corrected chi connectivity index (χ3v) is 1.41. The van der Waals surface area contributed by atoms with Gasteiger partial charge in [-0.2, -0.15) is 0 Å². The van der Waals surface area contributed by atoms with Crippen LogP contribution in [-0.2, 0) is 14.1 Å². The van der Waals surface area contributed by atoms with E-state index in [2.05, 4.69) is 6.47 Å². The van der Waals surface area contributed by atoms with E-state index in [1.54, 1.807) is 0 Å². The Bertz CT molecular complexity index is 54.7. The van der Waals surface area contributed by atoms with Crippen molar-refractivity contribution in [1.29, 1.82) is 0 Å². The molecule has 7 heavy (non-hydrogen) atoms. The van der Waals surface area contributed by atoms with Crippen LogP contribution in [0.25, 0.3) is 0 Å². The zero-order valence-electron chi connectivity index (χ0n) is 3.20. The van der Waals surface area contributed by atoms with Gasteiger partial charge in [-0.15, -0.1) is 0 Å². The van der Waals surface area contributed by atoms with Gasteiger partial charge in [-0.1, -0.05) is 0 Å². The molecule has 0 bridgehead atoms. The van der Waals surface area contributed by atoms with Crippen molar-refractivity contribution >= 4 is 43.3 Å². The summed E-state index contributed by atoms with van der Waals surface area (Å²) in [5.41, 5.74) is 0. The van der Waals surface area contributed by atoms with Crippen LogP contribution in [0.15, 0.2) is 0 Å². The molecule has 0 saturated heterocycles. The molecule has 0 radical (unpaired) electrons. The van der Waals surface area contributed by atoms with Crippen LogP contribution in [0.5, 0.6) is 0 Å². The first-order chi connectivity index (χ1) is 3.41. The van der Waals surface area contributed by atoms with Gasteiger partial charge in [0.2, 0.25) is 0 Å². The minimum absolute atomic E-state index is 0.502. The molecule has 0 aliphatic heterocycles. The molecule has 0 aromatic heterocycles. The zero-order chi connectivity index (χ0) is 5.54. The van der Waals surface area contributed by atoms with E-state index in [1.807, 2.05) is 0 Å². The van der Waals surface area contributed by atoms with E-state index in [4.69, 9.17) is 0 Å². The maximum absolute atomic E-state index is 9.47. The molecule has 0 rings (SSSR count). The van der Waals surface area contributed by atoms with Crippen LogP contribution in [0, 0.1) is 0 Å². The van der Waals surface area contributed by atoms with Crippen LogP contribution in [0.2, 0.25) is 0 Å². The Balaban J connectivity index is 2.68. The Kier molecular flexibility index (Phi) is 7.20. The van der Waals surface area contributed by atoms with Gasteiger partial charge in [0, 0.05) is 0 Å². The second-order valence-electron chi connectivity index (χ2n) is 0.453. The maximum atomic E-state index is 9.47. The molecule has 0 unspecified atom stereocenters. The van der Waals surface area contributed by atoms with Gasteiger partial charge in [0.1, 0.15) is 0 Å². The molecule has 0 spiro atoms. The Morgan fingerprint density at radius 1 is 1.14 bits per heavy atom. The van der Waals surface area contributed by atoms with E-state index < -0.39 is 31.0 Å². The molecule has 0 saturated carbocycles. The number of hydrogen-bond acceptors (Lipinski definition) is 5. The third-order valence-electron chi connectivity index (χ3n) is 0.157. The van der Waals surface area contributed by atoms with Crippen molar-refractivity contribution in [3.63, 3.8) is 0 Å². The summed E-state index contributed by atoms with van der Waals surface area (Å²) in [6, 6.07) is 0. The number of hydrogen-bond donors (Lipinski definition) is 0. The van der Waals surface area contributed by atoms with E-state index in [9.17, 15) is 7.61 Å². The van der Waals surface area contributed by atoms with E-state index in [0.717, 1.165) is 0 Å². The first-order valence-corrected chi connectivity index (χ1v) is 3.83. The fraction of sp³-hybridized carbons (Fsp3) is 0. The van der Waals surface area contributed by atoms with Crippen LogP contribution in [-0.4, -0.2) is 31.0 Å². The zero-order valence-corrected chi connectivity index (χ0v) is 6.32. The van der Waals surface area contributed by atoms with Gasteiger partial charge in [0.05, 0.1) is 0 Å². The number of rotatable bonds is 4. The fourth-order valence-electron chi connectivity index (χ4n) is 0.0548. The van der Waals surface area contributed by atoms with Crippen molar-refractivity contribution in [3.05, 3.63) is 0 Å². The molecule has 0 fully saturated rings. The SMILES string of the molecule is [O]=[Al][O]S[O][Al]=[O]. The summed E-state index contributed by atoms with van der Waals surface area (Å²) in [5.74, 6) is 0. The van der Waals surface area contributed by atoms with Gasteiger partial charge in [0.15, 0.2) is 0 Å². The van der Waals surface area contributed by atoms with E-state index in [1.165, 1.54) is 0 Å². The summed E-state index contributed by atoms with van der Waals surface area (Å²) in [5, 5.41) is 0. The summed E-state index contributed by atoms with van der Waals surface area (Å²) < 4.78 is 27.2. The summed E-state index contributed by atoms with van der Waals surface area (Å²) in [6.45, 7) is 0. The fourth-order valence-corrected chi connectivity index (χ4v) is 0.901. The molecule has 0 aromatic carbocycles. The van der Waals surface area contributed by atoms with E-state index >= 15 is 0 Å². The predicted molar refractivity (Wildman–Crippen MR) is 22.6 cm³/mol. The summed E-state index contributed by atoms with van der Waals surface area (Å²) in [7, 11) is 0. The minimum atomic E-state index is -1.26. The van der Waals surface area contributed by atoms with Crippen LogP contribution in [0.4, 0.5) is 0 Å². The standard InChI is InChI=1S/2Al.H2O2S.2O/c;;1-3-2;;/h;;1-2H;;/q2*+1;;;/p-2. The Morgan fingerprint density at radius 2 is 1.57 bits per heavy atom. The van der Waals surface area contributed by atoms with Crippen molar-refractivity contribution in [2.75, 3.05) is 0 Å². The quantitative estimate of drug-likeness (QED) is 0.307. The van der Waals surface area contributed by atoms with Gasteiger partial charge in [-0.05, 0) is 0 Å². The van der Waals surface area contributed by atoms with E-state index in [-0.39, 0.29) is 0 Å². The molecule has 7 heteroatoms. The van der Waals surface area contributed by atoms with Crippen LogP contribution in [0.3, 0.4) is 0 Å². The first kappa shape index (κ1) is 7.61. The molecule has 0 aromatic rings. The molecule has 0 N–H and O–H groups in total. The molecule has 0 aliphatic rings. The molecule has 4 nitrogen and oxygen atoms in total. The molecule has 0 atom stereocenters. The van der Waals surface area contributed by atoms with Gasteiger partial charge in [-0.3, -0.25) is 0 Å². The molecular weight excluding hydrogens is 150 g/mol. The Labute approximate surface area is 57.5 Å². The molecule has 36 valence electrons. The van der Waals surface area contributed by atoms with Crippen LogP contribution in [0.1, 0.15) is 0 Å². The van der Waals surface area contributed by atoms with Crippen LogP contribution < -0.4 is 0 Å². The van der Waals surface area contributed by atoms with Crippen molar-refractivity contribution in [1.82, 2.24) is 0 Å². The molecule has 0 heterocycles.